The van der Waals surface area contributed by atoms with E-state index in [1.54, 1.807) is 18.2 Å². The number of hydrogen-bond donors (Lipinski definition) is 1. The molecule has 1 aliphatic heterocycles. The van der Waals surface area contributed by atoms with E-state index in [2.05, 4.69) is 4.40 Å². The number of benzene rings is 1. The number of hydrogen-bond acceptors (Lipinski definition) is 3. The molecule has 0 radical (unpaired) electrons. The van der Waals surface area contributed by atoms with Crippen molar-refractivity contribution in [2.24, 2.45) is 16.2 Å². The van der Waals surface area contributed by atoms with Gasteiger partial charge in [0, 0.05) is 5.56 Å². The Hall–Kier alpha value is -1.69. The molecule has 1 aromatic carbocycles. The highest BCUT2D eigenvalue weighted by atomic mass is 32.2. The first-order valence-corrected chi connectivity index (χ1v) is 7.44. The Bertz CT molecular complexity index is 646. The van der Waals surface area contributed by atoms with Crippen LogP contribution < -0.4 is 0 Å². The normalized spacial score (nSPS) is 17.9. The van der Waals surface area contributed by atoms with Crippen LogP contribution in [0.3, 0.4) is 0 Å². The predicted molar refractivity (Wildman–Crippen MR) is 70.7 cm³/mol. The van der Waals surface area contributed by atoms with E-state index in [0.29, 0.717) is 12.0 Å². The highest BCUT2D eigenvalue weighted by molar-refractivity contribution is 7.90. The minimum atomic E-state index is -3.74. The van der Waals surface area contributed by atoms with Gasteiger partial charge in [0.25, 0.3) is 10.0 Å². The van der Waals surface area contributed by atoms with Gasteiger partial charge >= 0.3 is 5.97 Å². The lowest BCUT2D eigenvalue weighted by Gasteiger charge is -2.14. The van der Waals surface area contributed by atoms with Gasteiger partial charge in [0.15, 0.2) is 0 Å². The smallest absolute Gasteiger partial charge is 0.312 e. The fourth-order valence-corrected chi connectivity index (χ4v) is 3.47. The highest BCUT2D eigenvalue weighted by Gasteiger charge is 2.36. The molecule has 5 nitrogen and oxygen atoms in total. The molecule has 1 unspecified atom stereocenters. The van der Waals surface area contributed by atoms with Gasteiger partial charge in [0.2, 0.25) is 0 Å². The molecule has 0 fully saturated rings. The van der Waals surface area contributed by atoms with Crippen molar-refractivity contribution >= 4 is 21.7 Å². The number of carboxylic acid groups (broad SMARTS) is 1. The van der Waals surface area contributed by atoms with Crippen molar-refractivity contribution in [2.45, 2.75) is 25.2 Å². The zero-order valence-electron chi connectivity index (χ0n) is 10.7. The Morgan fingerprint density at radius 3 is 2.53 bits per heavy atom. The van der Waals surface area contributed by atoms with Crippen LogP contribution in [0.4, 0.5) is 0 Å². The van der Waals surface area contributed by atoms with Crippen LogP contribution in [0.1, 0.15) is 25.8 Å². The Morgan fingerprint density at radius 2 is 1.95 bits per heavy atom. The second-order valence-electron chi connectivity index (χ2n) is 4.97. The molecule has 1 aliphatic rings. The first kappa shape index (κ1) is 13.7. The van der Waals surface area contributed by atoms with Crippen molar-refractivity contribution in [1.29, 1.82) is 0 Å². The molecule has 0 saturated carbocycles. The second kappa shape index (κ2) is 4.77. The Labute approximate surface area is 112 Å². The van der Waals surface area contributed by atoms with Crippen LogP contribution in [0.15, 0.2) is 33.6 Å². The molecule has 102 valence electrons. The number of nitrogens with zero attached hydrogens (tertiary/aromatic N) is 1. The van der Waals surface area contributed by atoms with E-state index in [0.717, 1.165) is 0 Å². The van der Waals surface area contributed by atoms with Crippen LogP contribution in [0.5, 0.6) is 0 Å². The number of carbonyl (C=O) groups is 1. The topological polar surface area (TPSA) is 83.8 Å². The highest BCUT2D eigenvalue weighted by Crippen LogP contribution is 2.31. The van der Waals surface area contributed by atoms with Crippen LogP contribution in [-0.4, -0.2) is 25.2 Å². The average Bonchev–Trinajstić information content (AvgIpc) is 2.59. The van der Waals surface area contributed by atoms with E-state index in [1.807, 2.05) is 13.8 Å². The van der Waals surface area contributed by atoms with Gasteiger partial charge in [-0.15, -0.1) is 0 Å². The third-order valence-corrected chi connectivity index (χ3v) is 4.34. The van der Waals surface area contributed by atoms with E-state index in [1.165, 1.54) is 6.07 Å². The van der Waals surface area contributed by atoms with E-state index >= 15 is 0 Å². The number of rotatable bonds is 4. The fourth-order valence-electron chi connectivity index (χ4n) is 2.18. The molecular weight excluding hydrogens is 266 g/mol. The van der Waals surface area contributed by atoms with E-state index in [-0.39, 0.29) is 16.5 Å². The third kappa shape index (κ3) is 2.53. The molecule has 0 bridgehead atoms. The fraction of sp³-hybridized carbons (Fsp3) is 0.385. The lowest BCUT2D eigenvalue weighted by atomic mass is 9.89. The van der Waals surface area contributed by atoms with Crippen molar-refractivity contribution in [3.63, 3.8) is 0 Å². The maximum atomic E-state index is 11.9. The zero-order valence-corrected chi connectivity index (χ0v) is 11.5. The number of carboxylic acids is 1. The van der Waals surface area contributed by atoms with Gasteiger partial charge in [-0.1, -0.05) is 32.0 Å². The summed E-state index contributed by atoms with van der Waals surface area (Å²) in [6.45, 7) is 3.79. The quantitative estimate of drug-likeness (QED) is 0.914. The molecule has 2 rings (SSSR count). The Kier molecular flexibility index (Phi) is 3.45. The minimum Gasteiger partial charge on any atom is -0.481 e. The van der Waals surface area contributed by atoms with Crippen molar-refractivity contribution in [1.82, 2.24) is 0 Å². The summed E-state index contributed by atoms with van der Waals surface area (Å²) in [6, 6.07) is 6.35. The molecule has 1 N–H and O–H groups in total. The zero-order chi connectivity index (χ0) is 14.2. The largest absolute Gasteiger partial charge is 0.481 e. The summed E-state index contributed by atoms with van der Waals surface area (Å²) in [5, 5.41) is 9.30. The second-order valence-corrected chi connectivity index (χ2v) is 6.54. The summed E-state index contributed by atoms with van der Waals surface area (Å²) < 4.78 is 27.5. The molecule has 0 spiro atoms. The predicted octanol–water partition coefficient (Wildman–Crippen LogP) is 1.92. The van der Waals surface area contributed by atoms with E-state index in [9.17, 15) is 18.3 Å². The van der Waals surface area contributed by atoms with Gasteiger partial charge in [-0.05, 0) is 18.4 Å². The van der Waals surface area contributed by atoms with Crippen LogP contribution >= 0.6 is 0 Å². The number of fused-ring (bicyclic) bond motifs is 1. The lowest BCUT2D eigenvalue weighted by molar-refractivity contribution is -0.139. The van der Waals surface area contributed by atoms with Crippen LogP contribution in [0, 0.1) is 11.8 Å². The summed E-state index contributed by atoms with van der Waals surface area (Å²) >= 11 is 0. The Balaban J connectivity index is 2.54. The van der Waals surface area contributed by atoms with E-state index in [4.69, 9.17) is 0 Å². The molecule has 0 saturated heterocycles. The molecule has 19 heavy (non-hydrogen) atoms. The van der Waals surface area contributed by atoms with Crippen molar-refractivity contribution in [3.05, 3.63) is 29.8 Å². The lowest BCUT2D eigenvalue weighted by Crippen LogP contribution is -2.25. The van der Waals surface area contributed by atoms with Crippen LogP contribution in [0.2, 0.25) is 0 Å². The van der Waals surface area contributed by atoms with E-state index < -0.39 is 21.9 Å². The third-order valence-electron chi connectivity index (χ3n) is 2.99. The molecule has 1 aromatic rings. The molecule has 1 heterocycles. The van der Waals surface area contributed by atoms with Crippen molar-refractivity contribution in [3.8, 4) is 0 Å². The standard InChI is InChI=1S/C13H15NO4S/c1-8(2)7-10(13(15)16)12-9-5-3-4-6-11(9)19(17,18)14-12/h3-6,8,10H,7H2,1-2H3,(H,15,16). The summed E-state index contributed by atoms with van der Waals surface area (Å²) in [4.78, 5) is 11.5. The summed E-state index contributed by atoms with van der Waals surface area (Å²) in [6.07, 6.45) is 0.359. The summed E-state index contributed by atoms with van der Waals surface area (Å²) in [7, 11) is -3.74. The monoisotopic (exact) mass is 281 g/mol. The van der Waals surface area contributed by atoms with Gasteiger partial charge in [0.1, 0.15) is 5.92 Å². The minimum absolute atomic E-state index is 0.0972. The van der Waals surface area contributed by atoms with Gasteiger partial charge < -0.3 is 5.11 Å². The maximum Gasteiger partial charge on any atom is 0.312 e. The molecule has 6 heteroatoms. The number of aliphatic carboxylic acids is 1. The van der Waals surface area contributed by atoms with Crippen molar-refractivity contribution < 1.29 is 18.3 Å². The molecule has 0 amide bonds. The number of sulfonamides is 1. The molecule has 0 aromatic heterocycles. The van der Waals surface area contributed by atoms with Gasteiger partial charge in [0.05, 0.1) is 10.6 Å². The van der Waals surface area contributed by atoms with Gasteiger partial charge in [-0.25, -0.2) is 0 Å². The first-order chi connectivity index (χ1) is 8.83. The van der Waals surface area contributed by atoms with Crippen molar-refractivity contribution in [2.75, 3.05) is 0 Å². The van der Waals surface area contributed by atoms with Crippen LogP contribution in [0.25, 0.3) is 0 Å². The molecule has 1 atom stereocenters. The summed E-state index contributed by atoms with van der Waals surface area (Å²) in [5.74, 6) is -1.79. The molecular formula is C13H15NO4S. The van der Waals surface area contributed by atoms with Crippen LogP contribution in [-0.2, 0) is 14.8 Å². The average molecular weight is 281 g/mol. The van der Waals surface area contributed by atoms with Gasteiger partial charge in [-0.3, -0.25) is 4.79 Å². The van der Waals surface area contributed by atoms with Gasteiger partial charge in [-0.2, -0.15) is 12.8 Å². The SMILES string of the molecule is CC(C)CC(C(=O)O)C1=NS(=O)(=O)c2ccccc21. The maximum absolute atomic E-state index is 11.9. The molecule has 0 aliphatic carbocycles. The Morgan fingerprint density at radius 1 is 1.32 bits per heavy atom. The first-order valence-electron chi connectivity index (χ1n) is 6.00. The summed E-state index contributed by atoms with van der Waals surface area (Å²) in [5.41, 5.74) is 0.562.